The molecule has 0 amide bonds. The van der Waals surface area contributed by atoms with E-state index in [0.717, 1.165) is 6.42 Å². The molecular formula is C8H17NO4. The maximum atomic E-state index is 10.1. The number of ether oxygens (including phenoxy) is 1. The second-order valence-corrected chi connectivity index (χ2v) is 2.71. The lowest BCUT2D eigenvalue weighted by atomic mass is 10.3. The second-order valence-electron chi connectivity index (χ2n) is 2.71. The highest BCUT2D eigenvalue weighted by Gasteiger charge is 2.03. The van der Waals surface area contributed by atoms with Crippen LogP contribution in [0.1, 0.15) is 19.8 Å². The first kappa shape index (κ1) is 12.3. The number of hydrogen-bond acceptors (Lipinski definition) is 4. The molecule has 0 aromatic carbocycles. The molecule has 5 heteroatoms. The maximum Gasteiger partial charge on any atom is 0.305 e. The molecule has 0 aliphatic rings. The molecule has 0 heterocycles. The number of hydrogen-bond donors (Lipinski definition) is 2. The van der Waals surface area contributed by atoms with Crippen molar-refractivity contribution < 1.29 is 19.5 Å². The zero-order chi connectivity index (χ0) is 10.1. The smallest absolute Gasteiger partial charge is 0.305 e. The highest BCUT2D eigenvalue weighted by molar-refractivity contribution is 5.66. The number of carboxylic acid groups (broad SMARTS) is 1. The van der Waals surface area contributed by atoms with Crippen LogP contribution in [0.25, 0.3) is 0 Å². The van der Waals surface area contributed by atoms with Crippen LogP contribution in [0.2, 0.25) is 0 Å². The van der Waals surface area contributed by atoms with Gasteiger partial charge in [0.2, 0.25) is 0 Å². The Hall–Kier alpha value is -0.650. The van der Waals surface area contributed by atoms with Crippen molar-refractivity contribution in [2.75, 3.05) is 20.3 Å². The Balaban J connectivity index is 3.19. The van der Waals surface area contributed by atoms with Crippen LogP contribution in [-0.2, 0) is 14.4 Å². The zero-order valence-electron chi connectivity index (χ0n) is 8.08. The maximum absolute atomic E-state index is 10.1. The van der Waals surface area contributed by atoms with Crippen LogP contribution < -0.4 is 5.48 Å². The first-order valence-corrected chi connectivity index (χ1v) is 4.26. The molecule has 0 spiro atoms. The molecule has 0 bridgehead atoms. The molecule has 1 unspecified atom stereocenters. The van der Waals surface area contributed by atoms with E-state index in [1.807, 2.05) is 6.92 Å². The van der Waals surface area contributed by atoms with Gasteiger partial charge in [0, 0.05) is 6.54 Å². The van der Waals surface area contributed by atoms with Crippen LogP contribution in [0.4, 0.5) is 0 Å². The van der Waals surface area contributed by atoms with Crippen LogP contribution in [0.3, 0.4) is 0 Å². The Morgan fingerprint density at radius 3 is 2.85 bits per heavy atom. The van der Waals surface area contributed by atoms with E-state index in [0.29, 0.717) is 6.54 Å². The highest BCUT2D eigenvalue weighted by atomic mass is 16.6. The highest BCUT2D eigenvalue weighted by Crippen LogP contribution is 1.97. The Labute approximate surface area is 78.0 Å². The molecule has 0 aromatic rings. The van der Waals surface area contributed by atoms with Crippen LogP contribution in [0.5, 0.6) is 0 Å². The van der Waals surface area contributed by atoms with Crippen LogP contribution in [-0.4, -0.2) is 37.4 Å². The topological polar surface area (TPSA) is 67.8 Å². The summed E-state index contributed by atoms with van der Waals surface area (Å²) in [6.45, 7) is 2.87. The molecule has 0 aliphatic heterocycles. The molecule has 0 fully saturated rings. The summed E-state index contributed by atoms with van der Waals surface area (Å²) in [5, 5.41) is 8.33. The summed E-state index contributed by atoms with van der Waals surface area (Å²) >= 11 is 0. The minimum Gasteiger partial charge on any atom is -0.481 e. The van der Waals surface area contributed by atoms with Crippen LogP contribution >= 0.6 is 0 Å². The quantitative estimate of drug-likeness (QED) is 0.429. The minimum absolute atomic E-state index is 0.0574. The SMILES string of the molecule is CONCCC(C)OCCC(=O)O. The monoisotopic (exact) mass is 191 g/mol. The third-order valence-corrected chi connectivity index (χ3v) is 1.52. The number of carboxylic acids is 1. The number of nitrogens with one attached hydrogen (secondary N) is 1. The Kier molecular flexibility index (Phi) is 7.57. The van der Waals surface area contributed by atoms with Crippen LogP contribution in [0.15, 0.2) is 0 Å². The van der Waals surface area contributed by atoms with Gasteiger partial charge in [-0.25, -0.2) is 5.48 Å². The van der Waals surface area contributed by atoms with Crippen molar-refractivity contribution >= 4 is 5.97 Å². The second kappa shape index (κ2) is 7.97. The van der Waals surface area contributed by atoms with Crippen molar-refractivity contribution in [2.24, 2.45) is 0 Å². The van der Waals surface area contributed by atoms with E-state index < -0.39 is 5.97 Å². The molecule has 5 nitrogen and oxygen atoms in total. The molecule has 1 atom stereocenters. The largest absolute Gasteiger partial charge is 0.481 e. The first-order chi connectivity index (χ1) is 6.16. The zero-order valence-corrected chi connectivity index (χ0v) is 8.08. The molecule has 0 rings (SSSR count). The number of aliphatic carboxylic acids is 1. The molecular weight excluding hydrogens is 174 g/mol. The van der Waals surface area contributed by atoms with E-state index in [-0.39, 0.29) is 19.1 Å². The van der Waals surface area contributed by atoms with E-state index in [9.17, 15) is 4.79 Å². The predicted octanol–water partition coefficient (Wildman–Crippen LogP) is 0.407. The summed E-state index contributed by atoms with van der Waals surface area (Å²) in [4.78, 5) is 14.8. The molecule has 0 aliphatic carbocycles. The van der Waals surface area contributed by atoms with Gasteiger partial charge >= 0.3 is 5.97 Å². The van der Waals surface area contributed by atoms with Gasteiger partial charge in [-0.3, -0.25) is 4.79 Å². The van der Waals surface area contributed by atoms with Gasteiger partial charge in [-0.15, -0.1) is 0 Å². The molecule has 2 N–H and O–H groups in total. The van der Waals surface area contributed by atoms with Gasteiger partial charge in [-0.05, 0) is 13.3 Å². The molecule has 78 valence electrons. The molecule has 0 saturated carbocycles. The summed E-state index contributed by atoms with van der Waals surface area (Å²) in [5.41, 5.74) is 2.68. The molecule has 13 heavy (non-hydrogen) atoms. The van der Waals surface area contributed by atoms with Crippen molar-refractivity contribution in [3.63, 3.8) is 0 Å². The van der Waals surface area contributed by atoms with E-state index in [4.69, 9.17) is 9.84 Å². The van der Waals surface area contributed by atoms with E-state index in [1.54, 1.807) is 7.11 Å². The van der Waals surface area contributed by atoms with Crippen molar-refractivity contribution in [2.45, 2.75) is 25.9 Å². The fourth-order valence-corrected chi connectivity index (χ4v) is 0.795. The van der Waals surface area contributed by atoms with E-state index in [2.05, 4.69) is 10.3 Å². The summed E-state index contributed by atoms with van der Waals surface area (Å²) in [6, 6.07) is 0. The normalized spacial score (nSPS) is 12.8. The van der Waals surface area contributed by atoms with Gasteiger partial charge in [0.25, 0.3) is 0 Å². The van der Waals surface area contributed by atoms with Crippen molar-refractivity contribution in [1.82, 2.24) is 5.48 Å². The van der Waals surface area contributed by atoms with Crippen molar-refractivity contribution in [3.05, 3.63) is 0 Å². The van der Waals surface area contributed by atoms with Gasteiger partial charge in [-0.2, -0.15) is 0 Å². The van der Waals surface area contributed by atoms with Gasteiger partial charge in [0.1, 0.15) is 0 Å². The van der Waals surface area contributed by atoms with Gasteiger partial charge in [-0.1, -0.05) is 0 Å². The Morgan fingerprint density at radius 2 is 2.31 bits per heavy atom. The summed E-state index contributed by atoms with van der Waals surface area (Å²) in [7, 11) is 1.55. The van der Waals surface area contributed by atoms with E-state index >= 15 is 0 Å². The fraction of sp³-hybridized carbons (Fsp3) is 0.875. The van der Waals surface area contributed by atoms with Gasteiger partial charge < -0.3 is 14.7 Å². The third kappa shape index (κ3) is 9.26. The lowest BCUT2D eigenvalue weighted by Gasteiger charge is -2.11. The summed E-state index contributed by atoms with van der Waals surface area (Å²) in [5.74, 6) is -0.831. The Bertz CT molecular complexity index is 140. The minimum atomic E-state index is -0.831. The molecule has 0 radical (unpaired) electrons. The summed E-state index contributed by atoms with van der Waals surface area (Å²) in [6.07, 6.45) is 0.914. The lowest BCUT2D eigenvalue weighted by molar-refractivity contribution is -0.138. The predicted molar refractivity (Wildman–Crippen MR) is 47.3 cm³/mol. The lowest BCUT2D eigenvalue weighted by Crippen LogP contribution is -2.20. The number of hydroxylamine groups is 1. The fourth-order valence-electron chi connectivity index (χ4n) is 0.795. The molecule has 0 aromatic heterocycles. The van der Waals surface area contributed by atoms with Gasteiger partial charge in [0.05, 0.1) is 26.2 Å². The third-order valence-electron chi connectivity index (χ3n) is 1.52. The standard InChI is InChI=1S/C8H17NO4/c1-7(3-5-9-12-2)13-6-4-8(10)11/h7,9H,3-6H2,1-2H3,(H,10,11). The number of carbonyl (C=O) groups is 1. The van der Waals surface area contributed by atoms with Crippen molar-refractivity contribution in [1.29, 1.82) is 0 Å². The van der Waals surface area contributed by atoms with Crippen LogP contribution in [0, 0.1) is 0 Å². The average Bonchev–Trinajstić information content (AvgIpc) is 2.04. The number of rotatable bonds is 8. The van der Waals surface area contributed by atoms with Gasteiger partial charge in [0.15, 0.2) is 0 Å². The first-order valence-electron chi connectivity index (χ1n) is 4.26. The van der Waals surface area contributed by atoms with E-state index in [1.165, 1.54) is 0 Å². The van der Waals surface area contributed by atoms with Crippen molar-refractivity contribution in [3.8, 4) is 0 Å². The average molecular weight is 191 g/mol. The molecule has 0 saturated heterocycles. The summed E-state index contributed by atoms with van der Waals surface area (Å²) < 4.78 is 5.22. The Morgan fingerprint density at radius 1 is 1.62 bits per heavy atom.